The Kier molecular flexibility index (Phi) is 6.42. The molecule has 1 heterocycles. The summed E-state index contributed by atoms with van der Waals surface area (Å²) in [6.07, 6.45) is -0.391. The van der Waals surface area contributed by atoms with Crippen molar-refractivity contribution in [2.75, 3.05) is 13.6 Å². The van der Waals surface area contributed by atoms with Crippen LogP contribution in [0.25, 0.3) is 0 Å². The Labute approximate surface area is 142 Å². The van der Waals surface area contributed by atoms with Gasteiger partial charge in [0.2, 0.25) is 0 Å². The number of amides is 1. The molecule has 0 fully saturated rings. The molecule has 2 aromatic rings. The normalized spacial score (nSPS) is 12.1. The summed E-state index contributed by atoms with van der Waals surface area (Å²) < 4.78 is 7.06. The number of carbonyl (C=O) groups is 1. The molecule has 0 spiro atoms. The zero-order valence-corrected chi connectivity index (χ0v) is 14.6. The number of carboxylic acid groups (broad SMARTS) is 1. The van der Waals surface area contributed by atoms with E-state index in [0.717, 1.165) is 14.9 Å². The Morgan fingerprint density at radius 2 is 2.14 bits per heavy atom. The number of thiophene rings is 1. The lowest BCUT2D eigenvalue weighted by molar-refractivity contribution is 0.0308. The second-order valence-electron chi connectivity index (χ2n) is 4.90. The van der Waals surface area contributed by atoms with Gasteiger partial charge in [0.15, 0.2) is 0 Å². The van der Waals surface area contributed by atoms with Gasteiger partial charge in [-0.2, -0.15) is 0 Å². The fourth-order valence-corrected chi connectivity index (χ4v) is 3.20. The van der Waals surface area contributed by atoms with Gasteiger partial charge in [0, 0.05) is 22.9 Å². The summed E-state index contributed by atoms with van der Waals surface area (Å²) in [4.78, 5) is 13.3. The van der Waals surface area contributed by atoms with E-state index < -0.39 is 6.09 Å². The van der Waals surface area contributed by atoms with Gasteiger partial charge >= 0.3 is 6.09 Å². The molecule has 0 radical (unpaired) electrons. The van der Waals surface area contributed by atoms with Crippen molar-refractivity contribution in [3.05, 3.63) is 56.7 Å². The van der Waals surface area contributed by atoms with Gasteiger partial charge in [-0.3, -0.25) is 0 Å². The van der Waals surface area contributed by atoms with Crippen molar-refractivity contribution >= 4 is 33.4 Å². The van der Waals surface area contributed by atoms with Gasteiger partial charge in [-0.15, -0.1) is 11.3 Å². The Balaban J connectivity index is 1.99. The maximum Gasteiger partial charge on any atom is 0.407 e. The predicted octanol–water partition coefficient (Wildman–Crippen LogP) is 4.77. The highest BCUT2D eigenvalue weighted by Gasteiger charge is 2.16. The van der Waals surface area contributed by atoms with Gasteiger partial charge < -0.3 is 14.7 Å². The molecule has 0 saturated carbocycles. The number of rotatable bonds is 7. The van der Waals surface area contributed by atoms with E-state index in [9.17, 15) is 4.79 Å². The molecule has 1 unspecified atom stereocenters. The molecule has 1 atom stereocenters. The average molecular weight is 384 g/mol. The molecule has 0 aliphatic carbocycles. The molecule has 22 heavy (non-hydrogen) atoms. The van der Waals surface area contributed by atoms with Gasteiger partial charge in [0.05, 0.1) is 12.7 Å². The van der Waals surface area contributed by atoms with Gasteiger partial charge in [-0.05, 0) is 29.5 Å². The van der Waals surface area contributed by atoms with E-state index in [1.807, 2.05) is 41.8 Å². The summed E-state index contributed by atoms with van der Waals surface area (Å²) in [5.74, 6) is 0. The highest BCUT2D eigenvalue weighted by Crippen LogP contribution is 2.28. The molecule has 0 saturated heterocycles. The van der Waals surface area contributed by atoms with Crippen LogP contribution < -0.4 is 0 Å². The minimum atomic E-state index is -0.921. The van der Waals surface area contributed by atoms with E-state index in [-0.39, 0.29) is 6.10 Å². The topological polar surface area (TPSA) is 49.8 Å². The van der Waals surface area contributed by atoms with E-state index in [2.05, 4.69) is 15.9 Å². The molecule has 0 aliphatic heterocycles. The fourth-order valence-electron chi connectivity index (χ4n) is 1.99. The number of nitrogens with zero attached hydrogens (tertiary/aromatic N) is 1. The largest absolute Gasteiger partial charge is 0.465 e. The third kappa shape index (κ3) is 4.83. The molecular formula is C16H18BrNO3S. The molecule has 6 heteroatoms. The molecule has 2 rings (SSSR count). The SMILES string of the molecule is CN(CCC(OCc1ccccc1Br)c1cccs1)C(=O)O. The zero-order valence-electron chi connectivity index (χ0n) is 12.2. The van der Waals surface area contributed by atoms with Crippen LogP contribution in [-0.4, -0.2) is 29.7 Å². The monoisotopic (exact) mass is 383 g/mol. The number of ether oxygens (including phenoxy) is 1. The first kappa shape index (κ1) is 17.0. The molecule has 1 aromatic heterocycles. The van der Waals surface area contributed by atoms with Gasteiger partial charge in [0.1, 0.15) is 0 Å². The van der Waals surface area contributed by atoms with Crippen molar-refractivity contribution in [1.29, 1.82) is 0 Å². The van der Waals surface area contributed by atoms with Crippen molar-refractivity contribution in [1.82, 2.24) is 4.90 Å². The van der Waals surface area contributed by atoms with Crippen molar-refractivity contribution in [3.63, 3.8) is 0 Å². The summed E-state index contributed by atoms with van der Waals surface area (Å²) in [7, 11) is 1.57. The second kappa shape index (κ2) is 8.31. The average Bonchev–Trinajstić information content (AvgIpc) is 3.02. The van der Waals surface area contributed by atoms with Gasteiger partial charge in [-0.1, -0.05) is 40.2 Å². The molecule has 1 aromatic carbocycles. The predicted molar refractivity (Wildman–Crippen MR) is 91.3 cm³/mol. The van der Waals surface area contributed by atoms with Crippen LogP contribution in [0.4, 0.5) is 4.79 Å². The summed E-state index contributed by atoms with van der Waals surface area (Å²) >= 11 is 5.14. The minimum Gasteiger partial charge on any atom is -0.465 e. The first-order valence-corrected chi connectivity index (χ1v) is 8.57. The minimum absolute atomic E-state index is 0.103. The molecule has 1 amide bonds. The summed E-state index contributed by atoms with van der Waals surface area (Å²) in [5.41, 5.74) is 1.08. The first-order chi connectivity index (χ1) is 10.6. The van der Waals surface area contributed by atoms with Crippen LogP contribution in [0.5, 0.6) is 0 Å². The Hall–Kier alpha value is -1.37. The Morgan fingerprint density at radius 3 is 2.77 bits per heavy atom. The number of halogens is 1. The van der Waals surface area contributed by atoms with Crippen molar-refractivity contribution in [2.45, 2.75) is 19.1 Å². The fraction of sp³-hybridized carbons (Fsp3) is 0.312. The third-order valence-electron chi connectivity index (χ3n) is 3.31. The summed E-state index contributed by atoms with van der Waals surface area (Å²) in [6, 6.07) is 11.9. The van der Waals surface area contributed by atoms with Crippen LogP contribution in [0.3, 0.4) is 0 Å². The van der Waals surface area contributed by atoms with Crippen LogP contribution in [-0.2, 0) is 11.3 Å². The maximum absolute atomic E-state index is 10.9. The van der Waals surface area contributed by atoms with Crippen molar-refractivity contribution in [3.8, 4) is 0 Å². The molecule has 0 aliphatic rings. The van der Waals surface area contributed by atoms with Crippen molar-refractivity contribution in [2.24, 2.45) is 0 Å². The van der Waals surface area contributed by atoms with Crippen LogP contribution in [0.15, 0.2) is 46.3 Å². The standard InChI is InChI=1S/C16H18BrNO3S/c1-18(16(19)20)9-8-14(15-7-4-10-22-15)21-11-12-5-2-3-6-13(12)17/h2-7,10,14H,8-9,11H2,1H3,(H,19,20). The van der Waals surface area contributed by atoms with Crippen LogP contribution >= 0.6 is 27.3 Å². The number of benzene rings is 1. The molecular weight excluding hydrogens is 366 g/mol. The summed E-state index contributed by atoms with van der Waals surface area (Å²) in [6.45, 7) is 0.925. The van der Waals surface area contributed by atoms with Gasteiger partial charge in [0.25, 0.3) is 0 Å². The van der Waals surface area contributed by atoms with Gasteiger partial charge in [-0.25, -0.2) is 4.79 Å². The van der Waals surface area contributed by atoms with E-state index in [0.29, 0.717) is 19.6 Å². The van der Waals surface area contributed by atoms with E-state index in [1.165, 1.54) is 4.90 Å². The lowest BCUT2D eigenvalue weighted by Gasteiger charge is -2.20. The number of hydrogen-bond acceptors (Lipinski definition) is 3. The Morgan fingerprint density at radius 1 is 1.36 bits per heavy atom. The maximum atomic E-state index is 10.9. The zero-order chi connectivity index (χ0) is 15.9. The Bertz CT molecular complexity index is 603. The van der Waals surface area contributed by atoms with Crippen LogP contribution in [0.1, 0.15) is 23.0 Å². The van der Waals surface area contributed by atoms with Crippen LogP contribution in [0, 0.1) is 0 Å². The highest BCUT2D eigenvalue weighted by molar-refractivity contribution is 9.10. The smallest absolute Gasteiger partial charge is 0.407 e. The van der Waals surface area contributed by atoms with Crippen LogP contribution in [0.2, 0.25) is 0 Å². The van der Waals surface area contributed by atoms with Crippen molar-refractivity contribution < 1.29 is 14.6 Å². The third-order valence-corrected chi connectivity index (χ3v) is 5.05. The second-order valence-corrected chi connectivity index (χ2v) is 6.73. The first-order valence-electron chi connectivity index (χ1n) is 6.90. The van der Waals surface area contributed by atoms with E-state index in [4.69, 9.17) is 9.84 Å². The molecule has 1 N–H and O–H groups in total. The molecule has 0 bridgehead atoms. The summed E-state index contributed by atoms with van der Waals surface area (Å²) in [5, 5.41) is 11.0. The molecule has 118 valence electrons. The number of hydrogen-bond donors (Lipinski definition) is 1. The molecule has 4 nitrogen and oxygen atoms in total. The lowest BCUT2D eigenvalue weighted by Crippen LogP contribution is -2.27. The lowest BCUT2D eigenvalue weighted by atomic mass is 10.2. The highest BCUT2D eigenvalue weighted by atomic mass is 79.9. The quantitative estimate of drug-likeness (QED) is 0.748. The van der Waals surface area contributed by atoms with E-state index >= 15 is 0 Å². The van der Waals surface area contributed by atoms with E-state index in [1.54, 1.807) is 18.4 Å².